The van der Waals surface area contributed by atoms with E-state index in [1.807, 2.05) is 20.9 Å². The van der Waals surface area contributed by atoms with Crippen molar-refractivity contribution in [2.75, 3.05) is 11.2 Å². The van der Waals surface area contributed by atoms with E-state index in [0.717, 1.165) is 23.2 Å². The van der Waals surface area contributed by atoms with E-state index in [1.54, 1.807) is 29.8 Å². The molecule has 1 aliphatic rings. The van der Waals surface area contributed by atoms with Crippen molar-refractivity contribution < 1.29 is 22.3 Å². The van der Waals surface area contributed by atoms with Gasteiger partial charge in [-0.05, 0) is 56.2 Å². The Hall–Kier alpha value is -3.20. The Bertz CT molecular complexity index is 1350. The van der Waals surface area contributed by atoms with Crippen molar-refractivity contribution in [3.63, 3.8) is 0 Å². The lowest BCUT2D eigenvalue weighted by Gasteiger charge is -2.33. The zero-order valence-electron chi connectivity index (χ0n) is 18.5. The van der Waals surface area contributed by atoms with Crippen LogP contribution in [0.3, 0.4) is 0 Å². The molecule has 3 aromatic rings. The fourth-order valence-electron chi connectivity index (χ4n) is 3.90. The van der Waals surface area contributed by atoms with E-state index in [0.29, 0.717) is 16.8 Å². The summed E-state index contributed by atoms with van der Waals surface area (Å²) >= 11 is 0. The van der Waals surface area contributed by atoms with E-state index in [1.165, 1.54) is 23.1 Å². The monoisotopic (exact) mass is 457 g/mol. The summed E-state index contributed by atoms with van der Waals surface area (Å²) in [4.78, 5) is 14.7. The predicted octanol–water partition coefficient (Wildman–Crippen LogP) is 3.56. The van der Waals surface area contributed by atoms with Gasteiger partial charge in [0.25, 0.3) is 5.91 Å². The molecule has 0 radical (unpaired) electrons. The SMILES string of the molecule is Cc1nn(C)c(C)c1CN1C(=O)[C@@H](C)Oc2c(F)cc(-c3cccc(S(C)(=O)=O)c3)cc21. The van der Waals surface area contributed by atoms with Crippen LogP contribution in [0.5, 0.6) is 5.75 Å². The number of amides is 1. The molecule has 4 rings (SSSR count). The molecule has 2 heterocycles. The van der Waals surface area contributed by atoms with Crippen molar-refractivity contribution >= 4 is 21.4 Å². The molecule has 0 N–H and O–H groups in total. The van der Waals surface area contributed by atoms with Crippen LogP contribution in [0.2, 0.25) is 0 Å². The largest absolute Gasteiger partial charge is 0.476 e. The van der Waals surface area contributed by atoms with Gasteiger partial charge in [0.05, 0.1) is 22.8 Å². The minimum Gasteiger partial charge on any atom is -0.476 e. The maximum atomic E-state index is 15.1. The highest BCUT2D eigenvalue weighted by atomic mass is 32.2. The third-order valence-electron chi connectivity index (χ3n) is 5.79. The molecule has 32 heavy (non-hydrogen) atoms. The van der Waals surface area contributed by atoms with Crippen LogP contribution >= 0.6 is 0 Å². The minimum absolute atomic E-state index is 0.000635. The molecule has 0 unspecified atom stereocenters. The summed E-state index contributed by atoms with van der Waals surface area (Å²) in [5, 5.41) is 4.41. The fourth-order valence-corrected chi connectivity index (χ4v) is 4.57. The number of sulfone groups is 1. The number of hydrogen-bond donors (Lipinski definition) is 0. The zero-order valence-corrected chi connectivity index (χ0v) is 19.3. The number of aromatic nitrogens is 2. The molecule has 0 aliphatic carbocycles. The summed E-state index contributed by atoms with van der Waals surface area (Å²) in [5.74, 6) is -0.910. The number of carbonyl (C=O) groups is 1. The highest BCUT2D eigenvalue weighted by Crippen LogP contribution is 2.41. The molecular weight excluding hydrogens is 433 g/mol. The highest BCUT2D eigenvalue weighted by Gasteiger charge is 2.35. The molecule has 9 heteroatoms. The normalized spacial score (nSPS) is 16.1. The van der Waals surface area contributed by atoms with Crippen molar-refractivity contribution in [3.05, 3.63) is 59.2 Å². The molecule has 7 nitrogen and oxygen atoms in total. The number of rotatable bonds is 4. The Kier molecular flexibility index (Phi) is 5.32. The van der Waals surface area contributed by atoms with Crippen molar-refractivity contribution in [1.29, 1.82) is 0 Å². The molecule has 0 saturated heterocycles. The van der Waals surface area contributed by atoms with Crippen molar-refractivity contribution in [1.82, 2.24) is 9.78 Å². The maximum Gasteiger partial charge on any atom is 0.268 e. The number of carbonyl (C=O) groups excluding carboxylic acids is 1. The van der Waals surface area contributed by atoms with Gasteiger partial charge in [-0.3, -0.25) is 9.48 Å². The summed E-state index contributed by atoms with van der Waals surface area (Å²) in [6, 6.07) is 9.23. The first kappa shape index (κ1) is 22.0. The van der Waals surface area contributed by atoms with E-state index in [9.17, 15) is 13.2 Å². The average Bonchev–Trinajstić information content (AvgIpc) is 2.97. The lowest BCUT2D eigenvalue weighted by atomic mass is 10.0. The second-order valence-electron chi connectivity index (χ2n) is 8.06. The number of benzene rings is 2. The predicted molar refractivity (Wildman–Crippen MR) is 119 cm³/mol. The Labute approximate surface area is 186 Å². The number of hydrogen-bond acceptors (Lipinski definition) is 5. The molecule has 0 spiro atoms. The Morgan fingerprint density at radius 3 is 2.50 bits per heavy atom. The highest BCUT2D eigenvalue weighted by molar-refractivity contribution is 7.90. The number of anilines is 1. The second kappa shape index (κ2) is 7.74. The second-order valence-corrected chi connectivity index (χ2v) is 10.1. The van der Waals surface area contributed by atoms with Crippen LogP contribution in [0.15, 0.2) is 41.3 Å². The molecule has 0 bridgehead atoms. The molecule has 168 valence electrons. The smallest absolute Gasteiger partial charge is 0.268 e. The van der Waals surface area contributed by atoms with Crippen molar-refractivity contribution in [3.8, 4) is 16.9 Å². The summed E-state index contributed by atoms with van der Waals surface area (Å²) in [6.07, 6.45) is 0.280. The van der Waals surface area contributed by atoms with Gasteiger partial charge in [-0.25, -0.2) is 12.8 Å². The molecule has 2 aromatic carbocycles. The molecule has 1 amide bonds. The Morgan fingerprint density at radius 2 is 1.88 bits per heavy atom. The molecule has 1 atom stereocenters. The van der Waals surface area contributed by atoms with Crippen LogP contribution in [0, 0.1) is 19.7 Å². The van der Waals surface area contributed by atoms with Gasteiger partial charge in [0.15, 0.2) is 27.5 Å². The van der Waals surface area contributed by atoms with Gasteiger partial charge in [-0.1, -0.05) is 12.1 Å². The molecule has 0 saturated carbocycles. The Morgan fingerprint density at radius 1 is 1.16 bits per heavy atom. The van der Waals surface area contributed by atoms with Crippen LogP contribution in [0.4, 0.5) is 10.1 Å². The standard InChI is InChI=1S/C23H24FN3O4S/c1-13-19(14(2)26(4)25-13)12-27-21-11-17(10-20(24)22(21)31-15(3)23(27)28)16-7-6-8-18(9-16)32(5,29)30/h6-11,15H,12H2,1-5H3/t15-/m1/s1. The van der Waals surface area contributed by atoms with Crippen LogP contribution < -0.4 is 9.64 Å². The summed E-state index contributed by atoms with van der Waals surface area (Å²) in [7, 11) is -1.60. The first-order valence-electron chi connectivity index (χ1n) is 10.1. The van der Waals surface area contributed by atoms with Gasteiger partial charge in [0.2, 0.25) is 0 Å². The zero-order chi connectivity index (χ0) is 23.4. The van der Waals surface area contributed by atoms with Gasteiger partial charge < -0.3 is 9.64 Å². The van der Waals surface area contributed by atoms with E-state index in [2.05, 4.69) is 5.10 Å². The number of halogens is 1. The first-order chi connectivity index (χ1) is 15.0. The summed E-state index contributed by atoms with van der Waals surface area (Å²) in [6.45, 7) is 5.59. The average molecular weight is 458 g/mol. The van der Waals surface area contributed by atoms with E-state index in [-0.39, 0.29) is 23.1 Å². The van der Waals surface area contributed by atoms with Gasteiger partial charge >= 0.3 is 0 Å². The van der Waals surface area contributed by atoms with Crippen molar-refractivity contribution in [2.45, 2.75) is 38.3 Å². The molecule has 0 fully saturated rings. The lowest BCUT2D eigenvalue weighted by molar-refractivity contribution is -0.125. The van der Waals surface area contributed by atoms with E-state index in [4.69, 9.17) is 4.74 Å². The van der Waals surface area contributed by atoms with Crippen LogP contribution in [-0.4, -0.2) is 36.5 Å². The molecule has 1 aromatic heterocycles. The van der Waals surface area contributed by atoms with Crippen LogP contribution in [0.1, 0.15) is 23.9 Å². The van der Waals surface area contributed by atoms with Gasteiger partial charge in [0.1, 0.15) is 0 Å². The third kappa shape index (κ3) is 3.77. The van der Waals surface area contributed by atoms with E-state index >= 15 is 4.39 Å². The summed E-state index contributed by atoms with van der Waals surface area (Å²) < 4.78 is 46.4. The summed E-state index contributed by atoms with van der Waals surface area (Å²) in [5.41, 5.74) is 3.85. The molecule has 1 aliphatic heterocycles. The van der Waals surface area contributed by atoms with Gasteiger partial charge in [0, 0.05) is 24.6 Å². The minimum atomic E-state index is -3.43. The number of aryl methyl sites for hydroxylation is 2. The Balaban J connectivity index is 1.85. The van der Waals surface area contributed by atoms with Gasteiger partial charge in [-0.2, -0.15) is 5.10 Å². The van der Waals surface area contributed by atoms with Crippen LogP contribution in [0.25, 0.3) is 11.1 Å². The number of fused-ring (bicyclic) bond motifs is 1. The lowest BCUT2D eigenvalue weighted by Crippen LogP contribution is -2.44. The van der Waals surface area contributed by atoms with E-state index < -0.39 is 21.8 Å². The number of nitrogens with zero attached hydrogens (tertiary/aromatic N) is 3. The molecular formula is C23H24FN3O4S. The van der Waals surface area contributed by atoms with Crippen molar-refractivity contribution in [2.24, 2.45) is 7.05 Å². The van der Waals surface area contributed by atoms with Gasteiger partial charge in [-0.15, -0.1) is 0 Å². The third-order valence-corrected chi connectivity index (χ3v) is 6.90. The quantitative estimate of drug-likeness (QED) is 0.598. The maximum absolute atomic E-state index is 15.1. The topological polar surface area (TPSA) is 81.5 Å². The van der Waals surface area contributed by atoms with Crippen LogP contribution in [-0.2, 0) is 28.2 Å². The fraction of sp³-hybridized carbons (Fsp3) is 0.304. The first-order valence-corrected chi connectivity index (χ1v) is 12.0. The number of ether oxygens (including phenoxy) is 1.